The first kappa shape index (κ1) is 14.7. The number of fused-ring (bicyclic) bond motifs is 1. The molecule has 1 aliphatic heterocycles. The van der Waals surface area contributed by atoms with E-state index in [2.05, 4.69) is 0 Å². The van der Waals surface area contributed by atoms with E-state index in [0.29, 0.717) is 16.9 Å². The third-order valence-corrected chi connectivity index (χ3v) is 4.50. The number of ether oxygens (including phenoxy) is 2. The molecule has 0 N–H and O–H groups in total. The lowest BCUT2D eigenvalue weighted by molar-refractivity contribution is 0.0428. The van der Waals surface area contributed by atoms with Gasteiger partial charge in [0, 0.05) is 10.5 Å². The Labute approximate surface area is 132 Å². The highest BCUT2D eigenvalue weighted by Gasteiger charge is 2.28. The van der Waals surface area contributed by atoms with Crippen LogP contribution in [0.1, 0.15) is 27.1 Å². The number of esters is 1. The summed E-state index contributed by atoms with van der Waals surface area (Å²) in [5.74, 6) is 0.262. The summed E-state index contributed by atoms with van der Waals surface area (Å²) in [7, 11) is 1.58. The molecule has 0 spiro atoms. The molecule has 2 aromatic carbocycles. The summed E-state index contributed by atoms with van der Waals surface area (Å²) < 4.78 is 10.4. The van der Waals surface area contributed by atoms with E-state index in [-0.39, 0.29) is 18.2 Å². The lowest BCUT2D eigenvalue weighted by Crippen LogP contribution is -2.23. The Hall–Kier alpha value is -2.27. The number of benzene rings is 2. The second-order valence-corrected chi connectivity index (χ2v) is 6.01. The SMILES string of the molecule is COc1ccc(C(=O)CC2OC(=O)c3ccccc3S2)cc1. The third-order valence-electron chi connectivity index (χ3n) is 3.37. The van der Waals surface area contributed by atoms with Crippen LogP contribution in [-0.4, -0.2) is 24.3 Å². The highest BCUT2D eigenvalue weighted by atomic mass is 32.2. The molecule has 0 radical (unpaired) electrons. The molecule has 3 rings (SSSR count). The molecule has 0 bridgehead atoms. The first-order valence-corrected chi connectivity index (χ1v) is 7.69. The van der Waals surface area contributed by atoms with Crippen molar-refractivity contribution in [1.29, 1.82) is 0 Å². The second-order valence-electron chi connectivity index (χ2n) is 4.80. The van der Waals surface area contributed by atoms with Crippen molar-refractivity contribution >= 4 is 23.5 Å². The minimum Gasteiger partial charge on any atom is -0.497 e. The van der Waals surface area contributed by atoms with Gasteiger partial charge in [-0.1, -0.05) is 23.9 Å². The molecule has 22 heavy (non-hydrogen) atoms. The summed E-state index contributed by atoms with van der Waals surface area (Å²) in [5.41, 5.74) is 0.647. The van der Waals surface area contributed by atoms with Crippen LogP contribution in [0, 0.1) is 0 Å². The topological polar surface area (TPSA) is 52.6 Å². The zero-order valence-electron chi connectivity index (χ0n) is 11.9. The van der Waals surface area contributed by atoms with Gasteiger partial charge in [0.15, 0.2) is 11.2 Å². The second kappa shape index (κ2) is 6.23. The van der Waals surface area contributed by atoms with Gasteiger partial charge in [-0.25, -0.2) is 4.79 Å². The van der Waals surface area contributed by atoms with Crippen LogP contribution in [0.5, 0.6) is 5.75 Å². The average Bonchev–Trinajstić information content (AvgIpc) is 2.55. The molecule has 0 amide bonds. The Morgan fingerprint density at radius 3 is 2.64 bits per heavy atom. The van der Waals surface area contributed by atoms with Crippen LogP contribution in [0.3, 0.4) is 0 Å². The fourth-order valence-electron chi connectivity index (χ4n) is 2.22. The third kappa shape index (κ3) is 2.99. The van der Waals surface area contributed by atoms with Crippen molar-refractivity contribution in [2.75, 3.05) is 7.11 Å². The molecule has 0 saturated carbocycles. The molecule has 0 fully saturated rings. The summed E-state index contributed by atoms with van der Waals surface area (Å²) in [6, 6.07) is 14.2. The van der Waals surface area contributed by atoms with Crippen LogP contribution >= 0.6 is 11.8 Å². The smallest absolute Gasteiger partial charge is 0.340 e. The fourth-order valence-corrected chi connectivity index (χ4v) is 3.30. The van der Waals surface area contributed by atoms with Gasteiger partial charge in [-0.05, 0) is 36.4 Å². The van der Waals surface area contributed by atoms with Gasteiger partial charge in [0.05, 0.1) is 19.1 Å². The summed E-state index contributed by atoms with van der Waals surface area (Å²) in [6.45, 7) is 0. The Morgan fingerprint density at radius 2 is 1.91 bits per heavy atom. The van der Waals surface area contributed by atoms with E-state index in [1.54, 1.807) is 43.5 Å². The Kier molecular flexibility index (Phi) is 4.15. The van der Waals surface area contributed by atoms with Crippen molar-refractivity contribution in [3.8, 4) is 5.75 Å². The summed E-state index contributed by atoms with van der Waals surface area (Å²) in [4.78, 5) is 25.1. The predicted molar refractivity (Wildman–Crippen MR) is 83.4 cm³/mol. The van der Waals surface area contributed by atoms with E-state index in [1.807, 2.05) is 12.1 Å². The van der Waals surface area contributed by atoms with Gasteiger partial charge < -0.3 is 9.47 Å². The van der Waals surface area contributed by atoms with Gasteiger partial charge in [-0.2, -0.15) is 0 Å². The van der Waals surface area contributed by atoms with Crippen molar-refractivity contribution in [2.24, 2.45) is 0 Å². The van der Waals surface area contributed by atoms with Crippen molar-refractivity contribution in [2.45, 2.75) is 16.8 Å². The number of Topliss-reactive ketones (excluding diaryl/α,β-unsaturated/α-hetero) is 1. The highest BCUT2D eigenvalue weighted by molar-refractivity contribution is 8.00. The molecule has 2 aromatic rings. The zero-order chi connectivity index (χ0) is 15.5. The first-order valence-electron chi connectivity index (χ1n) is 6.81. The quantitative estimate of drug-likeness (QED) is 0.638. The van der Waals surface area contributed by atoms with Gasteiger partial charge in [0.2, 0.25) is 0 Å². The van der Waals surface area contributed by atoms with Gasteiger partial charge in [0.25, 0.3) is 0 Å². The molecule has 1 heterocycles. The van der Waals surface area contributed by atoms with Gasteiger partial charge >= 0.3 is 5.97 Å². The summed E-state index contributed by atoms with van der Waals surface area (Å²) in [6.07, 6.45) is 0.150. The number of carbonyl (C=O) groups excluding carboxylic acids is 2. The van der Waals surface area contributed by atoms with E-state index < -0.39 is 5.44 Å². The maximum atomic E-state index is 12.3. The number of hydrogen-bond donors (Lipinski definition) is 0. The molecule has 1 atom stereocenters. The average molecular weight is 314 g/mol. The van der Waals surface area contributed by atoms with E-state index in [9.17, 15) is 9.59 Å². The summed E-state index contributed by atoms with van der Waals surface area (Å²) >= 11 is 1.40. The Bertz CT molecular complexity index is 709. The normalized spacial score (nSPS) is 16.6. The number of rotatable bonds is 4. The summed E-state index contributed by atoms with van der Waals surface area (Å²) in [5, 5.41) is 0. The van der Waals surface area contributed by atoms with E-state index in [4.69, 9.17) is 9.47 Å². The lowest BCUT2D eigenvalue weighted by Gasteiger charge is -2.23. The molecular weight excluding hydrogens is 300 g/mol. The first-order chi connectivity index (χ1) is 10.7. The van der Waals surface area contributed by atoms with E-state index >= 15 is 0 Å². The number of thioether (sulfide) groups is 1. The van der Waals surface area contributed by atoms with Crippen molar-refractivity contribution in [3.63, 3.8) is 0 Å². The molecular formula is C17H14O4S. The van der Waals surface area contributed by atoms with Gasteiger partial charge in [-0.15, -0.1) is 0 Å². The van der Waals surface area contributed by atoms with Crippen molar-refractivity contribution < 1.29 is 19.1 Å². The molecule has 1 aliphatic rings. The minimum absolute atomic E-state index is 0.0627. The van der Waals surface area contributed by atoms with Crippen LogP contribution in [0.2, 0.25) is 0 Å². The fraction of sp³-hybridized carbons (Fsp3) is 0.176. The predicted octanol–water partition coefficient (Wildman–Crippen LogP) is 3.56. The van der Waals surface area contributed by atoms with Crippen LogP contribution in [0.25, 0.3) is 0 Å². The van der Waals surface area contributed by atoms with Crippen molar-refractivity contribution in [1.82, 2.24) is 0 Å². The Morgan fingerprint density at radius 1 is 1.18 bits per heavy atom. The molecule has 4 nitrogen and oxygen atoms in total. The maximum Gasteiger partial charge on any atom is 0.340 e. The van der Waals surface area contributed by atoms with Gasteiger partial charge in [-0.3, -0.25) is 4.79 Å². The highest BCUT2D eigenvalue weighted by Crippen LogP contribution is 2.35. The number of hydrogen-bond acceptors (Lipinski definition) is 5. The van der Waals surface area contributed by atoms with Crippen LogP contribution in [-0.2, 0) is 4.74 Å². The molecule has 0 saturated heterocycles. The number of cyclic esters (lactones) is 1. The van der Waals surface area contributed by atoms with Gasteiger partial charge in [0.1, 0.15) is 5.75 Å². The monoisotopic (exact) mass is 314 g/mol. The van der Waals surface area contributed by atoms with Crippen LogP contribution in [0.4, 0.5) is 0 Å². The molecule has 0 aromatic heterocycles. The molecule has 0 aliphatic carbocycles. The van der Waals surface area contributed by atoms with Crippen LogP contribution < -0.4 is 4.74 Å². The zero-order valence-corrected chi connectivity index (χ0v) is 12.8. The van der Waals surface area contributed by atoms with E-state index in [0.717, 1.165) is 4.90 Å². The lowest BCUT2D eigenvalue weighted by atomic mass is 10.1. The molecule has 112 valence electrons. The molecule has 1 unspecified atom stereocenters. The number of carbonyl (C=O) groups is 2. The minimum atomic E-state index is -0.489. The number of ketones is 1. The maximum absolute atomic E-state index is 12.3. The molecule has 5 heteroatoms. The van der Waals surface area contributed by atoms with Crippen molar-refractivity contribution in [3.05, 3.63) is 59.7 Å². The standard InChI is InChI=1S/C17H14O4S/c1-20-12-8-6-11(7-9-12)14(18)10-16-21-17(19)13-4-2-3-5-15(13)22-16/h2-9,16H,10H2,1H3. The number of methoxy groups -OCH3 is 1. The largest absolute Gasteiger partial charge is 0.497 e. The van der Waals surface area contributed by atoms with E-state index in [1.165, 1.54) is 11.8 Å². The van der Waals surface area contributed by atoms with Crippen LogP contribution in [0.15, 0.2) is 53.4 Å². The Balaban J connectivity index is 1.71.